The molecule has 29 heavy (non-hydrogen) atoms. The van der Waals surface area contributed by atoms with Gasteiger partial charge in [0.15, 0.2) is 11.5 Å². The lowest BCUT2D eigenvalue weighted by Crippen LogP contribution is -2.32. The Balaban J connectivity index is 1.94. The van der Waals surface area contributed by atoms with E-state index in [2.05, 4.69) is 5.32 Å². The molecule has 0 saturated carbocycles. The predicted octanol–water partition coefficient (Wildman–Crippen LogP) is 2.55. The van der Waals surface area contributed by atoms with Gasteiger partial charge in [-0.15, -0.1) is 0 Å². The van der Waals surface area contributed by atoms with Gasteiger partial charge in [0.1, 0.15) is 17.3 Å². The fraction of sp³-hybridized carbons (Fsp3) is 0.429. The molecule has 0 fully saturated rings. The maximum atomic E-state index is 12.6. The number of ether oxygens (including phenoxy) is 3. The van der Waals surface area contributed by atoms with Gasteiger partial charge in [-0.05, 0) is 43.2 Å². The van der Waals surface area contributed by atoms with E-state index in [0.29, 0.717) is 36.8 Å². The molecule has 1 unspecified atom stereocenters. The van der Waals surface area contributed by atoms with Gasteiger partial charge in [-0.3, -0.25) is 0 Å². The van der Waals surface area contributed by atoms with Crippen LogP contribution in [0.1, 0.15) is 12.5 Å². The van der Waals surface area contributed by atoms with Gasteiger partial charge >= 0.3 is 0 Å². The number of hydrogen-bond acceptors (Lipinski definition) is 6. The van der Waals surface area contributed by atoms with Crippen LogP contribution in [0, 0.1) is 0 Å². The lowest BCUT2D eigenvalue weighted by Gasteiger charge is -2.18. The van der Waals surface area contributed by atoms with Crippen LogP contribution in [0.15, 0.2) is 47.4 Å². The molecular weight excluding hydrogens is 392 g/mol. The standard InChI is InChI=1S/C21H30N2O5S/c1-16(22-12-13-28-19-9-7-6-8-18(19)26-4)14-17-10-11-20(27-5)21(15-17)29(24,25)23(2)3/h6-11,15-16,22H,12-14H2,1-5H3. The van der Waals surface area contributed by atoms with Gasteiger partial charge in [0.25, 0.3) is 0 Å². The van der Waals surface area contributed by atoms with Crippen LogP contribution < -0.4 is 19.5 Å². The molecule has 0 saturated heterocycles. The number of nitrogens with zero attached hydrogens (tertiary/aromatic N) is 1. The summed E-state index contributed by atoms with van der Waals surface area (Å²) >= 11 is 0. The van der Waals surface area contributed by atoms with Crippen LogP contribution in [-0.4, -0.2) is 60.2 Å². The first kappa shape index (κ1) is 23.0. The number of sulfonamides is 1. The quantitative estimate of drug-likeness (QED) is 0.561. The minimum Gasteiger partial charge on any atom is -0.495 e. The Bertz CT molecular complexity index is 900. The average molecular weight is 423 g/mol. The summed E-state index contributed by atoms with van der Waals surface area (Å²) in [5.74, 6) is 1.75. The zero-order valence-electron chi connectivity index (χ0n) is 17.6. The van der Waals surface area contributed by atoms with Crippen LogP contribution in [0.5, 0.6) is 17.2 Å². The van der Waals surface area contributed by atoms with Crippen LogP contribution in [0.25, 0.3) is 0 Å². The molecule has 7 nitrogen and oxygen atoms in total. The Labute approximate surface area is 173 Å². The van der Waals surface area contributed by atoms with E-state index >= 15 is 0 Å². The minimum absolute atomic E-state index is 0.138. The number of hydrogen-bond donors (Lipinski definition) is 1. The van der Waals surface area contributed by atoms with Gasteiger partial charge in [0.05, 0.1) is 14.2 Å². The Kier molecular flexibility index (Phi) is 8.31. The molecule has 0 spiro atoms. The van der Waals surface area contributed by atoms with E-state index in [1.807, 2.05) is 37.3 Å². The summed E-state index contributed by atoms with van der Waals surface area (Å²) in [6.07, 6.45) is 0.675. The van der Waals surface area contributed by atoms with E-state index in [-0.39, 0.29) is 10.9 Å². The van der Waals surface area contributed by atoms with Crippen molar-refractivity contribution in [2.24, 2.45) is 0 Å². The molecule has 2 rings (SSSR count). The molecule has 0 radical (unpaired) electrons. The molecular formula is C21H30N2O5S. The van der Waals surface area contributed by atoms with Crippen LogP contribution in [0.4, 0.5) is 0 Å². The number of para-hydroxylation sites is 2. The number of benzene rings is 2. The molecule has 0 heterocycles. The molecule has 0 aromatic heterocycles. The van der Waals surface area contributed by atoms with Crippen molar-refractivity contribution in [3.8, 4) is 17.2 Å². The fourth-order valence-electron chi connectivity index (χ4n) is 2.88. The Morgan fingerprint density at radius 1 is 1.00 bits per heavy atom. The Morgan fingerprint density at radius 2 is 1.66 bits per heavy atom. The van der Waals surface area contributed by atoms with E-state index < -0.39 is 10.0 Å². The van der Waals surface area contributed by atoms with Gasteiger partial charge < -0.3 is 19.5 Å². The fourth-order valence-corrected chi connectivity index (χ4v) is 3.98. The molecule has 8 heteroatoms. The molecule has 0 aliphatic rings. The predicted molar refractivity (Wildman–Crippen MR) is 114 cm³/mol. The molecule has 0 aliphatic carbocycles. The maximum absolute atomic E-state index is 12.6. The zero-order chi connectivity index (χ0) is 21.4. The van der Waals surface area contributed by atoms with Gasteiger partial charge in [-0.1, -0.05) is 18.2 Å². The van der Waals surface area contributed by atoms with Crippen molar-refractivity contribution in [1.29, 1.82) is 0 Å². The lowest BCUT2D eigenvalue weighted by atomic mass is 10.1. The topological polar surface area (TPSA) is 77.1 Å². The van der Waals surface area contributed by atoms with Crippen molar-refractivity contribution >= 4 is 10.0 Å². The third kappa shape index (κ3) is 6.09. The van der Waals surface area contributed by atoms with Crippen molar-refractivity contribution < 1.29 is 22.6 Å². The number of methoxy groups -OCH3 is 2. The molecule has 0 bridgehead atoms. The normalized spacial score (nSPS) is 12.6. The maximum Gasteiger partial charge on any atom is 0.246 e. The highest BCUT2D eigenvalue weighted by atomic mass is 32.2. The minimum atomic E-state index is -3.58. The Hall–Kier alpha value is -2.29. The van der Waals surface area contributed by atoms with Crippen LogP contribution >= 0.6 is 0 Å². The molecule has 0 aliphatic heterocycles. The van der Waals surface area contributed by atoms with Crippen LogP contribution in [-0.2, 0) is 16.4 Å². The first-order valence-corrected chi connectivity index (χ1v) is 10.8. The molecule has 1 atom stereocenters. The smallest absolute Gasteiger partial charge is 0.246 e. The van der Waals surface area contributed by atoms with Crippen molar-refractivity contribution in [1.82, 2.24) is 9.62 Å². The average Bonchev–Trinajstić information content (AvgIpc) is 2.71. The SMILES string of the molecule is COc1ccccc1OCCNC(C)Cc1ccc(OC)c(S(=O)(=O)N(C)C)c1. The van der Waals surface area contributed by atoms with Crippen molar-refractivity contribution in [2.75, 3.05) is 41.5 Å². The van der Waals surface area contributed by atoms with E-state index in [4.69, 9.17) is 14.2 Å². The van der Waals surface area contributed by atoms with Crippen LogP contribution in [0.3, 0.4) is 0 Å². The molecule has 0 amide bonds. The van der Waals surface area contributed by atoms with Crippen molar-refractivity contribution in [3.63, 3.8) is 0 Å². The van der Waals surface area contributed by atoms with Crippen molar-refractivity contribution in [3.05, 3.63) is 48.0 Å². The summed E-state index contributed by atoms with van der Waals surface area (Å²) in [5.41, 5.74) is 0.914. The second kappa shape index (κ2) is 10.5. The van der Waals surface area contributed by atoms with Gasteiger partial charge in [-0.25, -0.2) is 12.7 Å². The molecule has 1 N–H and O–H groups in total. The third-order valence-corrected chi connectivity index (χ3v) is 6.29. The second-order valence-electron chi connectivity index (χ2n) is 6.83. The summed E-state index contributed by atoms with van der Waals surface area (Å²) in [4.78, 5) is 0.175. The van der Waals surface area contributed by atoms with Crippen molar-refractivity contribution in [2.45, 2.75) is 24.3 Å². The van der Waals surface area contributed by atoms with E-state index in [0.717, 1.165) is 5.56 Å². The first-order chi connectivity index (χ1) is 13.8. The summed E-state index contributed by atoms with van der Waals surface area (Å²) in [7, 11) is 2.52. The van der Waals surface area contributed by atoms with Crippen LogP contribution in [0.2, 0.25) is 0 Å². The summed E-state index contributed by atoms with van der Waals surface area (Å²) in [5, 5.41) is 3.39. The largest absolute Gasteiger partial charge is 0.495 e. The highest BCUT2D eigenvalue weighted by molar-refractivity contribution is 7.89. The van der Waals surface area contributed by atoms with Gasteiger partial charge in [0.2, 0.25) is 10.0 Å². The van der Waals surface area contributed by atoms with E-state index in [9.17, 15) is 8.42 Å². The van der Waals surface area contributed by atoms with Gasteiger partial charge in [0, 0.05) is 26.7 Å². The summed E-state index contributed by atoms with van der Waals surface area (Å²) in [6.45, 7) is 3.19. The lowest BCUT2D eigenvalue weighted by molar-refractivity contribution is 0.287. The molecule has 2 aromatic rings. The summed E-state index contributed by atoms with van der Waals surface area (Å²) in [6, 6.07) is 12.9. The highest BCUT2D eigenvalue weighted by Gasteiger charge is 2.22. The Morgan fingerprint density at radius 3 is 2.28 bits per heavy atom. The second-order valence-corrected chi connectivity index (χ2v) is 8.95. The third-order valence-electron chi connectivity index (χ3n) is 4.45. The highest BCUT2D eigenvalue weighted by Crippen LogP contribution is 2.27. The molecule has 160 valence electrons. The molecule has 2 aromatic carbocycles. The van der Waals surface area contributed by atoms with E-state index in [1.54, 1.807) is 19.2 Å². The van der Waals surface area contributed by atoms with Gasteiger partial charge in [-0.2, -0.15) is 0 Å². The first-order valence-electron chi connectivity index (χ1n) is 9.38. The number of rotatable bonds is 11. The number of nitrogens with one attached hydrogen (secondary N) is 1. The summed E-state index contributed by atoms with van der Waals surface area (Å²) < 4.78 is 42.6. The zero-order valence-corrected chi connectivity index (χ0v) is 18.5. The van der Waals surface area contributed by atoms with E-state index in [1.165, 1.54) is 25.5 Å². The monoisotopic (exact) mass is 422 g/mol.